The van der Waals surface area contributed by atoms with Crippen LogP contribution in [0.2, 0.25) is 0 Å². The molecule has 8 heteroatoms. The molecular formula is C16H19F3N4O. The van der Waals surface area contributed by atoms with Gasteiger partial charge in [0.25, 0.3) is 0 Å². The minimum absolute atomic E-state index is 0.265. The number of nitrogens with zero attached hydrogens (tertiary/aromatic N) is 2. The van der Waals surface area contributed by atoms with Gasteiger partial charge in [0.1, 0.15) is 0 Å². The Morgan fingerprint density at radius 2 is 2.08 bits per heavy atom. The number of rotatable bonds is 6. The van der Waals surface area contributed by atoms with Gasteiger partial charge < -0.3 is 10.6 Å². The Labute approximate surface area is 137 Å². The van der Waals surface area contributed by atoms with Crippen LogP contribution in [0.5, 0.6) is 0 Å². The molecule has 0 bridgehead atoms. The molecule has 2 rings (SSSR count). The Morgan fingerprint density at radius 3 is 2.79 bits per heavy atom. The van der Waals surface area contributed by atoms with Crippen LogP contribution >= 0.6 is 0 Å². The molecule has 0 saturated heterocycles. The number of amides is 2. The van der Waals surface area contributed by atoms with E-state index in [2.05, 4.69) is 22.7 Å². The van der Waals surface area contributed by atoms with Gasteiger partial charge in [0.15, 0.2) is 0 Å². The fraction of sp³-hybridized carbons (Fsp3) is 0.375. The van der Waals surface area contributed by atoms with E-state index in [9.17, 15) is 18.0 Å². The average Bonchev–Trinajstić information content (AvgIpc) is 2.99. The molecule has 0 unspecified atom stereocenters. The Kier molecular flexibility index (Phi) is 5.83. The summed E-state index contributed by atoms with van der Waals surface area (Å²) in [7, 11) is 0. The predicted molar refractivity (Wildman–Crippen MR) is 85.1 cm³/mol. The molecule has 0 spiro atoms. The fourth-order valence-electron chi connectivity index (χ4n) is 2.11. The number of unbranched alkanes of at least 4 members (excludes halogenated alkanes) is 2. The molecule has 0 saturated carbocycles. The van der Waals surface area contributed by atoms with Crippen molar-refractivity contribution in [3.63, 3.8) is 0 Å². The minimum Gasteiger partial charge on any atom is -0.338 e. The van der Waals surface area contributed by atoms with Crippen molar-refractivity contribution >= 4 is 11.7 Å². The van der Waals surface area contributed by atoms with Gasteiger partial charge in [-0.3, -0.25) is 0 Å². The summed E-state index contributed by atoms with van der Waals surface area (Å²) in [6.07, 6.45) is 1.42. The molecule has 0 fully saturated rings. The molecule has 24 heavy (non-hydrogen) atoms. The van der Waals surface area contributed by atoms with E-state index in [0.29, 0.717) is 12.2 Å². The first-order valence-corrected chi connectivity index (χ1v) is 7.67. The van der Waals surface area contributed by atoms with Crippen LogP contribution in [0.15, 0.2) is 36.7 Å². The van der Waals surface area contributed by atoms with E-state index in [0.717, 1.165) is 31.4 Å². The topological polar surface area (TPSA) is 59.0 Å². The van der Waals surface area contributed by atoms with E-state index in [1.807, 2.05) is 0 Å². The second-order valence-electron chi connectivity index (χ2n) is 5.31. The van der Waals surface area contributed by atoms with E-state index in [1.54, 1.807) is 0 Å². The van der Waals surface area contributed by atoms with Gasteiger partial charge in [0.2, 0.25) is 0 Å². The Bertz CT molecular complexity index is 682. The lowest BCUT2D eigenvalue weighted by molar-refractivity contribution is -0.137. The largest absolute Gasteiger partial charge is 0.416 e. The number of nitrogens with one attached hydrogen (secondary N) is 2. The molecule has 0 atom stereocenters. The number of alkyl halides is 3. The van der Waals surface area contributed by atoms with E-state index in [4.69, 9.17) is 0 Å². The number of carbonyl (C=O) groups excluding carboxylic acids is 1. The number of aromatic nitrogens is 2. The SMILES string of the molecule is CCCCCNC(=O)Nc1cnn(-c2cccc(C(F)(F)F)c2)c1. The summed E-state index contributed by atoms with van der Waals surface area (Å²) in [4.78, 5) is 11.7. The molecule has 5 nitrogen and oxygen atoms in total. The lowest BCUT2D eigenvalue weighted by atomic mass is 10.2. The Morgan fingerprint density at radius 1 is 1.29 bits per heavy atom. The molecular weight excluding hydrogens is 321 g/mol. The summed E-state index contributed by atoms with van der Waals surface area (Å²) in [5, 5.41) is 9.29. The third-order valence-corrected chi connectivity index (χ3v) is 3.34. The van der Waals surface area contributed by atoms with Crippen LogP contribution in [0.4, 0.5) is 23.7 Å². The second-order valence-corrected chi connectivity index (χ2v) is 5.31. The normalized spacial score (nSPS) is 11.3. The molecule has 0 aliphatic heterocycles. The molecule has 1 aromatic heterocycles. The molecule has 0 aliphatic carbocycles. The van der Waals surface area contributed by atoms with E-state index < -0.39 is 11.7 Å². The predicted octanol–water partition coefficient (Wildman–Crippen LogP) is 4.20. The summed E-state index contributed by atoms with van der Waals surface area (Å²) < 4.78 is 39.5. The number of hydrogen-bond acceptors (Lipinski definition) is 2. The van der Waals surface area contributed by atoms with E-state index in [1.165, 1.54) is 29.2 Å². The number of benzene rings is 1. The Hall–Kier alpha value is -2.51. The molecule has 0 aliphatic rings. The summed E-state index contributed by atoms with van der Waals surface area (Å²) in [5.41, 5.74) is -0.0830. The third-order valence-electron chi connectivity index (χ3n) is 3.34. The van der Waals surface area contributed by atoms with Crippen LogP contribution in [0.25, 0.3) is 5.69 Å². The molecule has 130 valence electrons. The molecule has 2 N–H and O–H groups in total. The summed E-state index contributed by atoms with van der Waals surface area (Å²) in [6.45, 7) is 2.64. The van der Waals surface area contributed by atoms with Gasteiger partial charge in [0.05, 0.1) is 29.3 Å². The quantitative estimate of drug-likeness (QED) is 0.774. The molecule has 0 radical (unpaired) electrons. The van der Waals surface area contributed by atoms with Crippen LogP contribution in [0.3, 0.4) is 0 Å². The maximum Gasteiger partial charge on any atom is 0.416 e. The Balaban J connectivity index is 1.99. The highest BCUT2D eigenvalue weighted by Gasteiger charge is 2.30. The number of halogens is 3. The molecule has 2 aromatic rings. The summed E-state index contributed by atoms with van der Waals surface area (Å²) in [6, 6.07) is 4.46. The van der Waals surface area contributed by atoms with Crippen molar-refractivity contribution in [2.24, 2.45) is 0 Å². The van der Waals surface area contributed by atoms with Crippen LogP contribution < -0.4 is 10.6 Å². The monoisotopic (exact) mass is 340 g/mol. The first kappa shape index (κ1) is 17.8. The minimum atomic E-state index is -4.41. The lowest BCUT2D eigenvalue weighted by Crippen LogP contribution is -2.29. The number of hydrogen-bond donors (Lipinski definition) is 2. The average molecular weight is 340 g/mol. The smallest absolute Gasteiger partial charge is 0.338 e. The van der Waals surface area contributed by atoms with Crippen molar-refractivity contribution in [2.75, 3.05) is 11.9 Å². The second kappa shape index (κ2) is 7.85. The van der Waals surface area contributed by atoms with Crippen LogP contribution in [-0.4, -0.2) is 22.4 Å². The van der Waals surface area contributed by atoms with Gasteiger partial charge in [-0.2, -0.15) is 18.3 Å². The summed E-state index contributed by atoms with van der Waals surface area (Å²) in [5.74, 6) is 0. The summed E-state index contributed by atoms with van der Waals surface area (Å²) >= 11 is 0. The zero-order valence-corrected chi connectivity index (χ0v) is 13.2. The van der Waals surface area contributed by atoms with Crippen molar-refractivity contribution in [3.05, 3.63) is 42.2 Å². The molecule has 1 aromatic carbocycles. The van der Waals surface area contributed by atoms with Gasteiger partial charge >= 0.3 is 12.2 Å². The van der Waals surface area contributed by atoms with Crippen LogP contribution in [0, 0.1) is 0 Å². The van der Waals surface area contributed by atoms with Gasteiger partial charge in [0, 0.05) is 6.54 Å². The maximum absolute atomic E-state index is 12.7. The first-order valence-electron chi connectivity index (χ1n) is 7.67. The van der Waals surface area contributed by atoms with Crippen LogP contribution in [-0.2, 0) is 6.18 Å². The van der Waals surface area contributed by atoms with Crippen LogP contribution in [0.1, 0.15) is 31.7 Å². The number of carbonyl (C=O) groups is 1. The van der Waals surface area contributed by atoms with E-state index >= 15 is 0 Å². The van der Waals surface area contributed by atoms with Gasteiger partial charge in [-0.15, -0.1) is 0 Å². The third kappa shape index (κ3) is 5.00. The van der Waals surface area contributed by atoms with Crippen molar-refractivity contribution in [2.45, 2.75) is 32.4 Å². The van der Waals surface area contributed by atoms with Crippen molar-refractivity contribution in [3.8, 4) is 5.69 Å². The highest BCUT2D eigenvalue weighted by atomic mass is 19.4. The molecule has 1 heterocycles. The zero-order valence-electron chi connectivity index (χ0n) is 13.2. The standard InChI is InChI=1S/C16H19F3N4O/c1-2-3-4-8-20-15(24)22-13-10-21-23(11-13)14-7-5-6-12(9-14)16(17,18)19/h5-7,9-11H,2-4,8H2,1H3,(H2,20,22,24). The van der Waals surface area contributed by atoms with Crippen molar-refractivity contribution in [1.29, 1.82) is 0 Å². The lowest BCUT2D eigenvalue weighted by Gasteiger charge is -2.08. The van der Waals surface area contributed by atoms with Crippen molar-refractivity contribution < 1.29 is 18.0 Å². The molecule has 2 amide bonds. The van der Waals surface area contributed by atoms with Gasteiger partial charge in [-0.25, -0.2) is 9.48 Å². The fourth-order valence-corrected chi connectivity index (χ4v) is 2.11. The number of urea groups is 1. The van der Waals surface area contributed by atoms with E-state index in [-0.39, 0.29) is 11.7 Å². The van der Waals surface area contributed by atoms with Gasteiger partial charge in [-0.1, -0.05) is 25.8 Å². The first-order chi connectivity index (χ1) is 11.4. The number of anilines is 1. The maximum atomic E-state index is 12.7. The van der Waals surface area contributed by atoms with Crippen molar-refractivity contribution in [1.82, 2.24) is 15.1 Å². The zero-order chi connectivity index (χ0) is 17.6. The highest BCUT2D eigenvalue weighted by molar-refractivity contribution is 5.88. The van der Waals surface area contributed by atoms with Gasteiger partial charge in [-0.05, 0) is 24.6 Å². The highest BCUT2D eigenvalue weighted by Crippen LogP contribution is 2.30.